The molecule has 0 atom stereocenters. The van der Waals surface area contributed by atoms with E-state index in [-0.39, 0.29) is 5.91 Å². The van der Waals surface area contributed by atoms with Crippen LogP contribution >= 0.6 is 11.3 Å². The fraction of sp³-hybridized carbons (Fsp3) is 0.250. The maximum Gasteiger partial charge on any atom is 0.253 e. The number of hydrogen-bond acceptors (Lipinski definition) is 6. The van der Waals surface area contributed by atoms with Crippen molar-refractivity contribution in [1.82, 2.24) is 24.9 Å². The third-order valence-corrected chi connectivity index (χ3v) is 6.61. The molecule has 32 heavy (non-hydrogen) atoms. The van der Waals surface area contributed by atoms with Crippen LogP contribution in [0.15, 0.2) is 60.0 Å². The molecule has 1 aliphatic heterocycles. The van der Waals surface area contributed by atoms with Crippen LogP contribution in [0.2, 0.25) is 0 Å². The highest BCUT2D eigenvalue weighted by molar-refractivity contribution is 7.13. The molecule has 1 aromatic carbocycles. The Balaban J connectivity index is 1.21. The van der Waals surface area contributed by atoms with E-state index in [1.54, 1.807) is 16.0 Å². The van der Waals surface area contributed by atoms with Gasteiger partial charge in [-0.3, -0.25) is 4.79 Å². The van der Waals surface area contributed by atoms with E-state index in [0.29, 0.717) is 18.9 Å². The topological polar surface area (TPSA) is 67.2 Å². The summed E-state index contributed by atoms with van der Waals surface area (Å²) >= 11 is 1.70. The minimum atomic E-state index is 0.0772. The van der Waals surface area contributed by atoms with Crippen LogP contribution in [0, 0.1) is 13.8 Å². The number of piperazine rings is 1. The molecule has 0 bridgehead atoms. The zero-order valence-electron chi connectivity index (χ0n) is 18.1. The van der Waals surface area contributed by atoms with Gasteiger partial charge in [-0.05, 0) is 61.2 Å². The van der Waals surface area contributed by atoms with Gasteiger partial charge >= 0.3 is 0 Å². The predicted octanol–water partition coefficient (Wildman–Crippen LogP) is 3.97. The van der Waals surface area contributed by atoms with Crippen LogP contribution in [0.4, 0.5) is 5.82 Å². The molecular weight excluding hydrogens is 420 g/mol. The van der Waals surface area contributed by atoms with Crippen molar-refractivity contribution in [1.29, 1.82) is 0 Å². The van der Waals surface area contributed by atoms with Crippen LogP contribution in [0.5, 0.6) is 0 Å². The van der Waals surface area contributed by atoms with Gasteiger partial charge < -0.3 is 9.80 Å². The van der Waals surface area contributed by atoms with Gasteiger partial charge in [-0.2, -0.15) is 5.10 Å². The molecule has 7 nitrogen and oxygen atoms in total. The Morgan fingerprint density at radius 1 is 0.906 bits per heavy atom. The monoisotopic (exact) mass is 444 g/mol. The average molecular weight is 445 g/mol. The number of benzene rings is 1. The highest BCUT2D eigenvalue weighted by Gasteiger charge is 2.23. The summed E-state index contributed by atoms with van der Waals surface area (Å²) in [5, 5.41) is 15.3. The zero-order valence-corrected chi connectivity index (χ0v) is 18.9. The molecule has 1 saturated heterocycles. The fourth-order valence-electron chi connectivity index (χ4n) is 4.00. The maximum atomic E-state index is 12.9. The summed E-state index contributed by atoms with van der Waals surface area (Å²) in [7, 11) is 0. The van der Waals surface area contributed by atoms with E-state index in [1.165, 1.54) is 4.88 Å². The van der Waals surface area contributed by atoms with Gasteiger partial charge in [0.15, 0.2) is 11.6 Å². The van der Waals surface area contributed by atoms with E-state index < -0.39 is 0 Å². The number of anilines is 1. The molecule has 4 heterocycles. The smallest absolute Gasteiger partial charge is 0.253 e. The summed E-state index contributed by atoms with van der Waals surface area (Å²) in [6.07, 6.45) is 0. The van der Waals surface area contributed by atoms with Crippen molar-refractivity contribution in [3.8, 4) is 16.3 Å². The Bertz CT molecular complexity index is 1210. The van der Waals surface area contributed by atoms with Crippen molar-refractivity contribution < 1.29 is 4.79 Å². The van der Waals surface area contributed by atoms with Gasteiger partial charge in [0.2, 0.25) is 0 Å². The van der Waals surface area contributed by atoms with Gasteiger partial charge in [-0.1, -0.05) is 18.2 Å². The largest absolute Gasteiger partial charge is 0.352 e. The minimum absolute atomic E-state index is 0.0772. The van der Waals surface area contributed by atoms with Crippen LogP contribution in [-0.4, -0.2) is 57.0 Å². The number of amides is 1. The van der Waals surface area contributed by atoms with Crippen LogP contribution in [0.25, 0.3) is 16.3 Å². The van der Waals surface area contributed by atoms with E-state index in [0.717, 1.165) is 41.4 Å². The molecule has 162 valence electrons. The first-order valence-corrected chi connectivity index (χ1v) is 11.5. The number of hydrogen-bond donors (Lipinski definition) is 0. The molecule has 0 aliphatic carbocycles. The van der Waals surface area contributed by atoms with E-state index in [9.17, 15) is 4.79 Å². The molecule has 3 aromatic heterocycles. The Labute approximate surface area is 190 Å². The van der Waals surface area contributed by atoms with E-state index in [1.807, 2.05) is 67.3 Å². The molecule has 5 rings (SSSR count). The van der Waals surface area contributed by atoms with Gasteiger partial charge in [-0.25, -0.2) is 4.68 Å². The van der Waals surface area contributed by atoms with Gasteiger partial charge in [0.25, 0.3) is 5.91 Å². The molecule has 1 fully saturated rings. The lowest BCUT2D eigenvalue weighted by Crippen LogP contribution is -2.49. The number of aryl methyl sites for hydroxylation is 2. The normalized spacial score (nSPS) is 14.1. The summed E-state index contributed by atoms with van der Waals surface area (Å²) in [6, 6.07) is 17.9. The SMILES string of the molecule is Cc1cc(C)n(-c2ccc(N3CCN(C(=O)c4ccc(-c5cccs5)cc4)CC3)nn2)n1. The van der Waals surface area contributed by atoms with E-state index in [4.69, 9.17) is 0 Å². The highest BCUT2D eigenvalue weighted by atomic mass is 32.1. The predicted molar refractivity (Wildman–Crippen MR) is 126 cm³/mol. The number of rotatable bonds is 4. The number of nitrogens with zero attached hydrogens (tertiary/aromatic N) is 6. The first-order valence-electron chi connectivity index (χ1n) is 10.6. The molecule has 8 heteroatoms. The van der Waals surface area contributed by atoms with Crippen LogP contribution in [-0.2, 0) is 0 Å². The average Bonchev–Trinajstić information content (AvgIpc) is 3.49. The molecule has 4 aromatic rings. The van der Waals surface area contributed by atoms with Crippen LogP contribution in [0.3, 0.4) is 0 Å². The minimum Gasteiger partial charge on any atom is -0.352 e. The lowest BCUT2D eigenvalue weighted by molar-refractivity contribution is 0.0746. The molecule has 0 N–H and O–H groups in total. The number of aromatic nitrogens is 4. The second-order valence-corrected chi connectivity index (χ2v) is 8.87. The van der Waals surface area contributed by atoms with Gasteiger partial charge in [0.1, 0.15) is 0 Å². The van der Waals surface area contributed by atoms with E-state index >= 15 is 0 Å². The summed E-state index contributed by atoms with van der Waals surface area (Å²) in [5.74, 6) is 1.61. The van der Waals surface area contributed by atoms with Crippen molar-refractivity contribution in [2.24, 2.45) is 0 Å². The maximum absolute atomic E-state index is 12.9. The fourth-order valence-corrected chi connectivity index (χ4v) is 4.73. The lowest BCUT2D eigenvalue weighted by atomic mass is 10.1. The quantitative estimate of drug-likeness (QED) is 0.477. The van der Waals surface area contributed by atoms with Crippen LogP contribution in [0.1, 0.15) is 21.7 Å². The van der Waals surface area contributed by atoms with Crippen LogP contribution < -0.4 is 4.90 Å². The van der Waals surface area contributed by atoms with Crippen molar-refractivity contribution >= 4 is 23.1 Å². The molecule has 0 saturated carbocycles. The summed E-state index contributed by atoms with van der Waals surface area (Å²) < 4.78 is 1.80. The Hall–Kier alpha value is -3.52. The van der Waals surface area contributed by atoms with Crippen molar-refractivity contribution in [3.63, 3.8) is 0 Å². The molecule has 1 aliphatic rings. The first-order chi connectivity index (χ1) is 15.6. The summed E-state index contributed by atoms with van der Waals surface area (Å²) in [5.41, 5.74) is 3.85. The number of carbonyl (C=O) groups is 1. The third-order valence-electron chi connectivity index (χ3n) is 5.69. The summed E-state index contributed by atoms with van der Waals surface area (Å²) in [4.78, 5) is 18.2. The zero-order chi connectivity index (χ0) is 22.1. The first kappa shape index (κ1) is 20.4. The molecule has 0 radical (unpaired) electrons. The molecule has 0 spiro atoms. The highest BCUT2D eigenvalue weighted by Crippen LogP contribution is 2.25. The molecule has 0 unspecified atom stereocenters. The number of thiophene rings is 1. The standard InChI is InChI=1S/C24H24N6OS/c1-17-16-18(2)30(27-17)23-10-9-22(25-26-23)28-11-13-29(14-12-28)24(31)20-7-5-19(6-8-20)21-4-3-15-32-21/h3-10,15-16H,11-14H2,1-2H3. The van der Waals surface area contributed by atoms with Gasteiger partial charge in [0, 0.05) is 42.3 Å². The second kappa shape index (κ2) is 8.55. The number of carbonyl (C=O) groups excluding carboxylic acids is 1. The van der Waals surface area contributed by atoms with Gasteiger partial charge in [0.05, 0.1) is 5.69 Å². The third kappa shape index (κ3) is 4.01. The molecular formula is C24H24N6OS. The van der Waals surface area contributed by atoms with E-state index in [2.05, 4.69) is 31.6 Å². The van der Waals surface area contributed by atoms with Gasteiger partial charge in [-0.15, -0.1) is 21.5 Å². The van der Waals surface area contributed by atoms with Crippen molar-refractivity contribution in [2.45, 2.75) is 13.8 Å². The summed E-state index contributed by atoms with van der Waals surface area (Å²) in [6.45, 7) is 6.74. The Morgan fingerprint density at radius 2 is 1.62 bits per heavy atom. The second-order valence-electron chi connectivity index (χ2n) is 7.92. The van der Waals surface area contributed by atoms with Crippen molar-refractivity contribution in [3.05, 3.63) is 76.9 Å². The Morgan fingerprint density at radius 3 is 2.22 bits per heavy atom. The van der Waals surface area contributed by atoms with Crippen molar-refractivity contribution in [2.75, 3.05) is 31.1 Å². The Kier molecular flexibility index (Phi) is 5.45. The molecule has 1 amide bonds. The lowest BCUT2D eigenvalue weighted by Gasteiger charge is -2.35.